The number of pyridine rings is 1. The number of ether oxygens (including phenoxy) is 2. The summed E-state index contributed by atoms with van der Waals surface area (Å²) in [5.74, 6) is 2.26. The van der Waals surface area contributed by atoms with Crippen molar-refractivity contribution in [2.75, 3.05) is 20.3 Å². The molecule has 0 aliphatic rings. The number of hydrogen-bond donors (Lipinski definition) is 0. The van der Waals surface area contributed by atoms with Crippen molar-refractivity contribution >= 4 is 12.0 Å². The Kier molecular flexibility index (Phi) is 9.60. The summed E-state index contributed by atoms with van der Waals surface area (Å²) in [7, 11) is 1.63. The summed E-state index contributed by atoms with van der Waals surface area (Å²) in [5.41, 5.74) is 2.60. The van der Waals surface area contributed by atoms with Crippen LogP contribution >= 0.6 is 0 Å². The standard InChI is InChI=1S/C25H32N4O3/c1-7-12-29(17-30)13-11-21(8-2)23-15-26-20(5)28-25(23)32-16-18(3)19(4)24-10-9-22(31-6)14-27-24/h7-11,13-15,17-19H,1,12,16H2,2-6H3/b13-11-,21-8+/t18-,19?/m1/s1. The highest BCUT2D eigenvalue weighted by atomic mass is 16.5. The normalized spacial score (nSPS) is 13.5. The molecule has 0 fully saturated rings. The van der Waals surface area contributed by atoms with Crippen LogP contribution in [0.2, 0.25) is 0 Å². The second kappa shape index (κ2) is 12.4. The van der Waals surface area contributed by atoms with Crippen LogP contribution < -0.4 is 9.47 Å². The summed E-state index contributed by atoms with van der Waals surface area (Å²) in [6.07, 6.45) is 11.4. The first kappa shape index (κ1) is 24.8. The van der Waals surface area contributed by atoms with Gasteiger partial charge < -0.3 is 14.4 Å². The second-order valence-electron chi connectivity index (χ2n) is 7.49. The zero-order valence-corrected chi connectivity index (χ0v) is 19.5. The summed E-state index contributed by atoms with van der Waals surface area (Å²) in [6.45, 7) is 12.6. The van der Waals surface area contributed by atoms with Crippen molar-refractivity contribution in [1.82, 2.24) is 19.9 Å². The third kappa shape index (κ3) is 6.77. The van der Waals surface area contributed by atoms with E-state index in [2.05, 4.69) is 35.4 Å². The highest BCUT2D eigenvalue weighted by Crippen LogP contribution is 2.28. The van der Waals surface area contributed by atoms with E-state index in [9.17, 15) is 4.79 Å². The minimum Gasteiger partial charge on any atom is -0.495 e. The van der Waals surface area contributed by atoms with Crippen molar-refractivity contribution in [2.24, 2.45) is 5.92 Å². The fourth-order valence-corrected chi connectivity index (χ4v) is 2.99. The third-order valence-electron chi connectivity index (χ3n) is 5.22. The zero-order chi connectivity index (χ0) is 23.5. The molecule has 32 heavy (non-hydrogen) atoms. The SMILES string of the molecule is C=CCN(C=O)/C=C\C(=C/C)c1cnc(C)nc1OC[C@@H](C)C(C)c1ccc(OC)cn1. The average molecular weight is 437 g/mol. The van der Waals surface area contributed by atoms with Crippen molar-refractivity contribution in [2.45, 2.75) is 33.6 Å². The molecule has 0 aliphatic carbocycles. The first-order valence-corrected chi connectivity index (χ1v) is 10.6. The second-order valence-corrected chi connectivity index (χ2v) is 7.49. The molecule has 0 bridgehead atoms. The summed E-state index contributed by atoms with van der Waals surface area (Å²) in [6, 6.07) is 3.89. The number of aryl methyl sites for hydroxylation is 1. The zero-order valence-electron chi connectivity index (χ0n) is 19.5. The molecule has 2 aromatic heterocycles. The van der Waals surface area contributed by atoms with Gasteiger partial charge in [-0.2, -0.15) is 4.98 Å². The summed E-state index contributed by atoms with van der Waals surface area (Å²) >= 11 is 0. The van der Waals surface area contributed by atoms with E-state index in [1.807, 2.05) is 38.1 Å². The van der Waals surface area contributed by atoms with Crippen LogP contribution in [0.15, 0.2) is 55.5 Å². The Bertz CT molecular complexity index is 954. The fraction of sp³-hybridized carbons (Fsp3) is 0.360. The maximum absolute atomic E-state index is 11.2. The van der Waals surface area contributed by atoms with Gasteiger partial charge in [0.25, 0.3) is 0 Å². The quantitative estimate of drug-likeness (QED) is 0.276. The first-order chi connectivity index (χ1) is 15.4. The van der Waals surface area contributed by atoms with Gasteiger partial charge >= 0.3 is 0 Å². The number of rotatable bonds is 12. The number of methoxy groups -OCH3 is 1. The lowest BCUT2D eigenvalue weighted by Gasteiger charge is -2.21. The van der Waals surface area contributed by atoms with Crippen LogP contribution in [-0.2, 0) is 4.79 Å². The molecule has 7 nitrogen and oxygen atoms in total. The van der Waals surface area contributed by atoms with Gasteiger partial charge in [0.1, 0.15) is 11.6 Å². The highest BCUT2D eigenvalue weighted by molar-refractivity contribution is 5.76. The fourth-order valence-electron chi connectivity index (χ4n) is 2.99. The molecule has 0 radical (unpaired) electrons. The topological polar surface area (TPSA) is 77.4 Å². The molecule has 2 atom stereocenters. The predicted molar refractivity (Wildman–Crippen MR) is 126 cm³/mol. The van der Waals surface area contributed by atoms with Crippen LogP contribution in [0.1, 0.15) is 43.8 Å². The van der Waals surface area contributed by atoms with E-state index in [-0.39, 0.29) is 11.8 Å². The average Bonchev–Trinajstić information content (AvgIpc) is 2.82. The Hall–Kier alpha value is -3.48. The number of hydrogen-bond acceptors (Lipinski definition) is 6. The first-order valence-electron chi connectivity index (χ1n) is 10.6. The smallest absolute Gasteiger partial charge is 0.224 e. The van der Waals surface area contributed by atoms with Gasteiger partial charge in [0.2, 0.25) is 12.3 Å². The number of aromatic nitrogens is 3. The van der Waals surface area contributed by atoms with Crippen molar-refractivity contribution in [1.29, 1.82) is 0 Å². The Morgan fingerprint density at radius 2 is 2.03 bits per heavy atom. The van der Waals surface area contributed by atoms with E-state index in [0.29, 0.717) is 24.9 Å². The van der Waals surface area contributed by atoms with E-state index in [4.69, 9.17) is 9.47 Å². The molecule has 0 N–H and O–H groups in total. The van der Waals surface area contributed by atoms with E-state index in [0.717, 1.165) is 29.0 Å². The molecule has 1 unspecified atom stereocenters. The van der Waals surface area contributed by atoms with Gasteiger partial charge in [-0.05, 0) is 43.5 Å². The van der Waals surface area contributed by atoms with E-state index in [1.165, 1.54) is 4.90 Å². The van der Waals surface area contributed by atoms with Crippen LogP contribution in [0.5, 0.6) is 11.6 Å². The summed E-state index contributed by atoms with van der Waals surface area (Å²) < 4.78 is 11.3. The monoisotopic (exact) mass is 436 g/mol. The number of carbonyl (C=O) groups is 1. The molecule has 2 aromatic rings. The van der Waals surface area contributed by atoms with Gasteiger partial charge in [0.05, 0.1) is 25.5 Å². The summed E-state index contributed by atoms with van der Waals surface area (Å²) in [4.78, 5) is 26.0. The van der Waals surface area contributed by atoms with E-state index < -0.39 is 0 Å². The Balaban J connectivity index is 2.17. The lowest BCUT2D eigenvalue weighted by Crippen LogP contribution is -2.17. The van der Waals surface area contributed by atoms with Crippen LogP contribution in [0.25, 0.3) is 5.57 Å². The van der Waals surface area contributed by atoms with Crippen molar-refractivity contribution in [3.05, 3.63) is 72.6 Å². The van der Waals surface area contributed by atoms with Gasteiger partial charge in [-0.15, -0.1) is 6.58 Å². The Morgan fingerprint density at radius 3 is 2.62 bits per heavy atom. The van der Waals surface area contributed by atoms with Crippen LogP contribution in [0.3, 0.4) is 0 Å². The summed E-state index contributed by atoms with van der Waals surface area (Å²) in [5, 5.41) is 0. The molecule has 0 saturated carbocycles. The van der Waals surface area contributed by atoms with Gasteiger partial charge in [-0.3, -0.25) is 9.78 Å². The maximum Gasteiger partial charge on any atom is 0.224 e. The molecular weight excluding hydrogens is 404 g/mol. The van der Waals surface area contributed by atoms with Crippen LogP contribution in [0.4, 0.5) is 0 Å². The number of nitrogens with zero attached hydrogens (tertiary/aromatic N) is 4. The molecule has 1 amide bonds. The molecule has 0 aliphatic heterocycles. The molecule has 0 aromatic carbocycles. The van der Waals surface area contributed by atoms with Crippen LogP contribution in [-0.4, -0.2) is 46.5 Å². The van der Waals surface area contributed by atoms with Gasteiger partial charge in [0, 0.05) is 30.6 Å². The lowest BCUT2D eigenvalue weighted by molar-refractivity contribution is -0.115. The number of carbonyl (C=O) groups excluding carboxylic acids is 1. The molecule has 0 saturated heterocycles. The van der Waals surface area contributed by atoms with Gasteiger partial charge in [0.15, 0.2) is 0 Å². The minimum atomic E-state index is 0.188. The lowest BCUT2D eigenvalue weighted by atomic mass is 9.93. The Morgan fingerprint density at radius 1 is 1.25 bits per heavy atom. The largest absolute Gasteiger partial charge is 0.495 e. The van der Waals surface area contributed by atoms with Crippen LogP contribution in [0, 0.1) is 12.8 Å². The van der Waals surface area contributed by atoms with E-state index in [1.54, 1.807) is 31.8 Å². The molecule has 2 rings (SSSR count). The van der Waals surface area contributed by atoms with Crippen molar-refractivity contribution in [3.63, 3.8) is 0 Å². The molecule has 170 valence electrons. The highest BCUT2D eigenvalue weighted by Gasteiger charge is 2.18. The van der Waals surface area contributed by atoms with E-state index >= 15 is 0 Å². The van der Waals surface area contributed by atoms with Gasteiger partial charge in [-0.25, -0.2) is 4.98 Å². The molecule has 0 spiro atoms. The van der Waals surface area contributed by atoms with Crippen molar-refractivity contribution in [3.8, 4) is 11.6 Å². The van der Waals surface area contributed by atoms with Gasteiger partial charge in [-0.1, -0.05) is 26.0 Å². The molecular formula is C25H32N4O3. The number of allylic oxidation sites excluding steroid dienone is 3. The van der Waals surface area contributed by atoms with Crippen molar-refractivity contribution < 1.29 is 14.3 Å². The molecule has 7 heteroatoms. The maximum atomic E-state index is 11.2. The Labute approximate surface area is 190 Å². The minimum absolute atomic E-state index is 0.188. The number of amides is 1. The third-order valence-corrected chi connectivity index (χ3v) is 5.22. The molecule has 2 heterocycles. The predicted octanol–water partition coefficient (Wildman–Crippen LogP) is 4.57.